The van der Waals surface area contributed by atoms with Gasteiger partial charge >= 0.3 is 5.97 Å². The number of halogens is 2. The van der Waals surface area contributed by atoms with E-state index in [-0.39, 0.29) is 23.8 Å². The number of allylic oxidation sites excluding steroid dienone is 1. The highest BCUT2D eigenvalue weighted by Crippen LogP contribution is 2.45. The summed E-state index contributed by atoms with van der Waals surface area (Å²) in [6.07, 6.45) is 0. The first-order valence-corrected chi connectivity index (χ1v) is 15.6. The van der Waals surface area contributed by atoms with Crippen LogP contribution in [0.2, 0.25) is 10.0 Å². The third kappa shape index (κ3) is 6.03. The number of hydrogen-bond acceptors (Lipinski definition) is 8. The van der Waals surface area contributed by atoms with Gasteiger partial charge in [0.05, 0.1) is 17.5 Å². The molecule has 45 heavy (non-hydrogen) atoms. The van der Waals surface area contributed by atoms with Crippen LogP contribution in [0.15, 0.2) is 90.3 Å². The summed E-state index contributed by atoms with van der Waals surface area (Å²) in [6, 6.07) is 25.9. The number of rotatable bonds is 8. The van der Waals surface area contributed by atoms with E-state index < -0.39 is 11.9 Å². The first kappa shape index (κ1) is 30.4. The summed E-state index contributed by atoms with van der Waals surface area (Å²) in [6.45, 7) is 4.51. The van der Waals surface area contributed by atoms with Gasteiger partial charge in [-0.25, -0.2) is 4.79 Å². The smallest absolute Gasteiger partial charge is 0.355 e. The summed E-state index contributed by atoms with van der Waals surface area (Å²) in [5.41, 5.74) is 9.80. The van der Waals surface area contributed by atoms with Crippen molar-refractivity contribution in [3.8, 4) is 29.1 Å². The Morgan fingerprint density at radius 1 is 1.02 bits per heavy atom. The molecule has 6 rings (SSSR count). The van der Waals surface area contributed by atoms with E-state index >= 15 is 0 Å². The van der Waals surface area contributed by atoms with Gasteiger partial charge in [0, 0.05) is 32.3 Å². The molecule has 7 nitrogen and oxygen atoms in total. The molecule has 1 unspecified atom stereocenters. The molecule has 0 saturated carbocycles. The zero-order chi connectivity index (χ0) is 31.7. The molecule has 0 aliphatic carbocycles. The van der Waals surface area contributed by atoms with Crippen molar-refractivity contribution in [1.29, 1.82) is 5.26 Å². The fraction of sp³-hybridized carbons (Fsp3) is 0.143. The second kappa shape index (κ2) is 12.7. The van der Waals surface area contributed by atoms with Crippen LogP contribution in [0.25, 0.3) is 10.1 Å². The zero-order valence-electron chi connectivity index (χ0n) is 24.2. The maximum atomic E-state index is 13.2. The normalized spacial score (nSPS) is 14.0. The second-order valence-corrected chi connectivity index (χ2v) is 12.1. The van der Waals surface area contributed by atoms with Gasteiger partial charge in [0.2, 0.25) is 5.88 Å². The van der Waals surface area contributed by atoms with E-state index in [0.29, 0.717) is 44.3 Å². The van der Waals surface area contributed by atoms with Crippen molar-refractivity contribution in [2.75, 3.05) is 6.61 Å². The molecule has 4 aromatic carbocycles. The van der Waals surface area contributed by atoms with E-state index in [0.717, 1.165) is 26.8 Å². The molecule has 10 heteroatoms. The van der Waals surface area contributed by atoms with Crippen LogP contribution in [0.4, 0.5) is 0 Å². The van der Waals surface area contributed by atoms with Gasteiger partial charge in [0.15, 0.2) is 11.5 Å². The maximum absolute atomic E-state index is 13.2. The van der Waals surface area contributed by atoms with Gasteiger partial charge in [-0.05, 0) is 55.3 Å². The van der Waals surface area contributed by atoms with Gasteiger partial charge in [-0.2, -0.15) is 5.26 Å². The standard InChI is InChI=1S/C35H26Cl2N2O5S/c1-3-41-29-15-20(9-13-27(29)42-18-21-6-4-5-7-26(21)36)31-23-12-10-22(16-28(23)44-34(39)25(31)17-38)43-35(40)33-32(37)24-11-8-19(2)14-30(24)45-33/h4-16,31H,3,18,39H2,1-2H3. The second-order valence-electron chi connectivity index (χ2n) is 10.3. The van der Waals surface area contributed by atoms with Crippen molar-refractivity contribution in [3.05, 3.63) is 127 Å². The predicted octanol–water partition coefficient (Wildman–Crippen LogP) is 8.93. The Kier molecular flexibility index (Phi) is 8.59. The fourth-order valence-corrected chi connectivity index (χ4v) is 6.84. The van der Waals surface area contributed by atoms with Gasteiger partial charge < -0.3 is 24.7 Å². The Balaban J connectivity index is 1.30. The summed E-state index contributed by atoms with van der Waals surface area (Å²) >= 11 is 14.1. The molecule has 1 aliphatic heterocycles. The number of hydrogen-bond donors (Lipinski definition) is 1. The first-order valence-electron chi connectivity index (χ1n) is 14.0. The minimum absolute atomic E-state index is 0.0431. The predicted molar refractivity (Wildman–Crippen MR) is 176 cm³/mol. The number of nitrogens with zero attached hydrogens (tertiary/aromatic N) is 1. The highest BCUT2D eigenvalue weighted by atomic mass is 35.5. The Morgan fingerprint density at radius 3 is 2.62 bits per heavy atom. The third-order valence-corrected chi connectivity index (χ3v) is 9.32. The summed E-state index contributed by atoms with van der Waals surface area (Å²) in [5, 5.41) is 11.8. The Morgan fingerprint density at radius 2 is 1.84 bits per heavy atom. The monoisotopic (exact) mass is 656 g/mol. The van der Waals surface area contributed by atoms with Crippen molar-refractivity contribution < 1.29 is 23.7 Å². The molecule has 1 aromatic heterocycles. The quantitative estimate of drug-likeness (QED) is 0.131. The molecule has 0 radical (unpaired) electrons. The van der Waals surface area contributed by atoms with E-state index in [9.17, 15) is 10.1 Å². The largest absolute Gasteiger partial charge is 0.490 e. The van der Waals surface area contributed by atoms with Crippen molar-refractivity contribution in [1.82, 2.24) is 0 Å². The van der Waals surface area contributed by atoms with E-state index in [4.69, 9.17) is 47.9 Å². The Labute approximate surface area is 273 Å². The molecule has 0 bridgehead atoms. The lowest BCUT2D eigenvalue weighted by Crippen LogP contribution is -2.21. The number of aryl methyl sites for hydroxylation is 1. The third-order valence-electron chi connectivity index (χ3n) is 7.31. The number of ether oxygens (including phenoxy) is 4. The molecule has 2 heterocycles. The van der Waals surface area contributed by atoms with Gasteiger partial charge in [0.25, 0.3) is 0 Å². The lowest BCUT2D eigenvalue weighted by Gasteiger charge is -2.27. The summed E-state index contributed by atoms with van der Waals surface area (Å²) in [5.74, 6) is 0.443. The van der Waals surface area contributed by atoms with Gasteiger partial charge in [0.1, 0.15) is 34.6 Å². The van der Waals surface area contributed by atoms with Gasteiger partial charge in [-0.1, -0.05) is 65.7 Å². The number of esters is 1. The number of benzene rings is 4. The van der Waals surface area contributed by atoms with Crippen LogP contribution >= 0.6 is 34.5 Å². The van der Waals surface area contributed by atoms with E-state index in [1.54, 1.807) is 24.3 Å². The minimum atomic E-state index is -0.582. The Bertz CT molecular complexity index is 2030. The van der Waals surface area contributed by atoms with Crippen LogP contribution in [0.3, 0.4) is 0 Å². The summed E-state index contributed by atoms with van der Waals surface area (Å²) < 4.78 is 24.5. The molecule has 2 N–H and O–H groups in total. The van der Waals surface area contributed by atoms with E-state index in [1.807, 2.05) is 68.4 Å². The van der Waals surface area contributed by atoms with E-state index in [2.05, 4.69) is 6.07 Å². The number of nitriles is 1. The van der Waals surface area contributed by atoms with Crippen LogP contribution in [-0.2, 0) is 6.61 Å². The molecule has 1 atom stereocenters. The molecule has 226 valence electrons. The average Bonchev–Trinajstić information content (AvgIpc) is 3.35. The van der Waals surface area contributed by atoms with Crippen molar-refractivity contribution in [3.63, 3.8) is 0 Å². The summed E-state index contributed by atoms with van der Waals surface area (Å²) in [4.78, 5) is 13.5. The molecule has 0 amide bonds. The average molecular weight is 658 g/mol. The molecular formula is C35H26Cl2N2O5S. The molecular weight excluding hydrogens is 631 g/mol. The lowest BCUT2D eigenvalue weighted by molar-refractivity contribution is 0.0740. The van der Waals surface area contributed by atoms with Crippen molar-refractivity contribution in [2.24, 2.45) is 5.73 Å². The minimum Gasteiger partial charge on any atom is -0.490 e. The van der Waals surface area contributed by atoms with Crippen LogP contribution in [0, 0.1) is 18.3 Å². The fourth-order valence-electron chi connectivity index (χ4n) is 5.16. The van der Waals surface area contributed by atoms with Crippen LogP contribution < -0.4 is 24.7 Å². The highest BCUT2D eigenvalue weighted by molar-refractivity contribution is 7.21. The SMILES string of the molecule is CCOc1cc(C2C(C#N)=C(N)Oc3cc(OC(=O)c4sc5cc(C)ccc5c4Cl)ccc32)ccc1OCc1ccccc1Cl. The molecule has 0 spiro atoms. The maximum Gasteiger partial charge on any atom is 0.355 e. The zero-order valence-corrected chi connectivity index (χ0v) is 26.6. The number of nitrogens with two attached hydrogens (primary N) is 1. The van der Waals surface area contributed by atoms with Crippen LogP contribution in [0.5, 0.6) is 23.0 Å². The molecule has 1 aliphatic rings. The number of thiophene rings is 1. The van der Waals surface area contributed by atoms with Crippen molar-refractivity contribution in [2.45, 2.75) is 26.4 Å². The topological polar surface area (TPSA) is 104 Å². The van der Waals surface area contributed by atoms with E-state index in [1.165, 1.54) is 11.3 Å². The number of carbonyl (C=O) groups is 1. The first-order chi connectivity index (χ1) is 21.8. The Hall–Kier alpha value is -4.68. The molecule has 0 fully saturated rings. The lowest BCUT2D eigenvalue weighted by atomic mass is 9.83. The van der Waals surface area contributed by atoms with Crippen LogP contribution in [0.1, 0.15) is 44.8 Å². The van der Waals surface area contributed by atoms with Gasteiger partial charge in [-0.3, -0.25) is 0 Å². The van der Waals surface area contributed by atoms with Crippen molar-refractivity contribution >= 4 is 50.6 Å². The molecule has 5 aromatic rings. The number of carbonyl (C=O) groups excluding carboxylic acids is 1. The van der Waals surface area contributed by atoms with Gasteiger partial charge in [-0.15, -0.1) is 11.3 Å². The number of fused-ring (bicyclic) bond motifs is 2. The van der Waals surface area contributed by atoms with Crippen LogP contribution in [-0.4, -0.2) is 12.6 Å². The highest BCUT2D eigenvalue weighted by Gasteiger charge is 2.32. The molecule has 0 saturated heterocycles. The summed E-state index contributed by atoms with van der Waals surface area (Å²) in [7, 11) is 0.